The Morgan fingerprint density at radius 2 is 1.88 bits per heavy atom. The minimum atomic E-state index is -0.535. The van der Waals surface area contributed by atoms with Crippen LogP contribution in [0.15, 0.2) is 30.3 Å². The summed E-state index contributed by atoms with van der Waals surface area (Å²) < 4.78 is 0. The Hall–Kier alpha value is -0.820. The van der Waals surface area contributed by atoms with E-state index in [0.29, 0.717) is 5.92 Å². The first-order valence-corrected chi connectivity index (χ1v) is 6.20. The van der Waals surface area contributed by atoms with E-state index < -0.39 is 5.60 Å². The largest absolute Gasteiger partial charge is 0.390 e. The fourth-order valence-corrected chi connectivity index (χ4v) is 2.95. The summed E-state index contributed by atoms with van der Waals surface area (Å²) in [7, 11) is 0. The number of hydrogen-bond acceptors (Lipinski definition) is 1. The molecule has 2 atom stereocenters. The molecule has 1 nitrogen and oxygen atoms in total. The van der Waals surface area contributed by atoms with Gasteiger partial charge in [0.1, 0.15) is 0 Å². The van der Waals surface area contributed by atoms with Crippen LogP contribution in [0, 0.1) is 5.92 Å². The third kappa shape index (κ3) is 2.15. The molecule has 1 heteroatoms. The predicted molar refractivity (Wildman–Crippen MR) is 67.4 cm³/mol. The lowest BCUT2D eigenvalue weighted by Gasteiger charge is -2.29. The Bertz CT molecular complexity index is 349. The smallest absolute Gasteiger partial charge is 0.0620 e. The number of hydrogen-bond donors (Lipinski definition) is 1. The molecule has 1 saturated carbocycles. The van der Waals surface area contributed by atoms with Crippen LogP contribution in [0.5, 0.6) is 0 Å². The Labute approximate surface area is 98.5 Å². The van der Waals surface area contributed by atoms with E-state index >= 15 is 0 Å². The SMILES string of the molecule is CC(C)(O)[C@H]1CC[C@@](C)(c2ccccc2)C1. The van der Waals surface area contributed by atoms with Crippen LogP contribution in [0.25, 0.3) is 0 Å². The zero-order chi connectivity index (χ0) is 11.8. The number of aliphatic hydroxyl groups is 1. The maximum Gasteiger partial charge on any atom is 0.0620 e. The topological polar surface area (TPSA) is 20.2 Å². The molecule has 1 aliphatic rings. The van der Waals surface area contributed by atoms with E-state index in [1.54, 1.807) is 0 Å². The van der Waals surface area contributed by atoms with E-state index in [4.69, 9.17) is 0 Å². The highest BCUT2D eigenvalue weighted by atomic mass is 16.3. The molecule has 0 heterocycles. The van der Waals surface area contributed by atoms with Gasteiger partial charge < -0.3 is 5.11 Å². The van der Waals surface area contributed by atoms with Crippen molar-refractivity contribution in [2.75, 3.05) is 0 Å². The van der Waals surface area contributed by atoms with Gasteiger partial charge in [0.05, 0.1) is 5.60 Å². The van der Waals surface area contributed by atoms with Gasteiger partial charge in [0.15, 0.2) is 0 Å². The van der Waals surface area contributed by atoms with Gasteiger partial charge in [-0.25, -0.2) is 0 Å². The highest BCUT2D eigenvalue weighted by molar-refractivity contribution is 5.26. The Kier molecular flexibility index (Phi) is 2.83. The highest BCUT2D eigenvalue weighted by Gasteiger charge is 2.41. The molecule has 1 fully saturated rings. The Balaban J connectivity index is 2.19. The lowest BCUT2D eigenvalue weighted by molar-refractivity contribution is 0.0176. The fraction of sp³-hybridized carbons (Fsp3) is 0.600. The lowest BCUT2D eigenvalue weighted by Crippen LogP contribution is -2.30. The molecule has 88 valence electrons. The maximum absolute atomic E-state index is 10.1. The van der Waals surface area contributed by atoms with Gasteiger partial charge in [0.2, 0.25) is 0 Å². The zero-order valence-electron chi connectivity index (χ0n) is 10.5. The summed E-state index contributed by atoms with van der Waals surface area (Å²) in [5.41, 5.74) is 1.14. The van der Waals surface area contributed by atoms with Gasteiger partial charge in [-0.1, -0.05) is 37.3 Å². The van der Waals surface area contributed by atoms with Crippen molar-refractivity contribution in [3.05, 3.63) is 35.9 Å². The Morgan fingerprint density at radius 3 is 2.38 bits per heavy atom. The van der Waals surface area contributed by atoms with Crippen LogP contribution in [0.4, 0.5) is 0 Å². The average Bonchev–Trinajstić information content (AvgIpc) is 2.63. The predicted octanol–water partition coefficient (Wildman–Crippen LogP) is 3.52. The molecule has 1 aliphatic carbocycles. The first kappa shape index (κ1) is 11.7. The van der Waals surface area contributed by atoms with E-state index in [0.717, 1.165) is 12.8 Å². The molecule has 0 amide bonds. The van der Waals surface area contributed by atoms with Crippen LogP contribution < -0.4 is 0 Å². The van der Waals surface area contributed by atoms with E-state index in [9.17, 15) is 5.11 Å². The highest BCUT2D eigenvalue weighted by Crippen LogP contribution is 2.47. The van der Waals surface area contributed by atoms with Gasteiger partial charge in [-0.3, -0.25) is 0 Å². The summed E-state index contributed by atoms with van der Waals surface area (Å²) in [6.45, 7) is 6.21. The Morgan fingerprint density at radius 1 is 1.25 bits per heavy atom. The summed E-state index contributed by atoms with van der Waals surface area (Å²) in [6, 6.07) is 10.7. The summed E-state index contributed by atoms with van der Waals surface area (Å²) in [5.74, 6) is 0.428. The van der Waals surface area contributed by atoms with E-state index in [1.165, 1.54) is 12.0 Å². The molecular weight excluding hydrogens is 196 g/mol. The standard InChI is InChI=1S/C15H22O/c1-14(2,16)13-9-10-15(3,11-13)12-7-5-4-6-8-12/h4-8,13,16H,9-11H2,1-3H3/t13-,15+/m0/s1. The van der Waals surface area contributed by atoms with Gasteiger partial charge in [0.25, 0.3) is 0 Å². The van der Waals surface area contributed by atoms with Crippen LogP contribution >= 0.6 is 0 Å². The van der Waals surface area contributed by atoms with E-state index in [2.05, 4.69) is 37.3 Å². The van der Waals surface area contributed by atoms with Crippen LogP contribution in [0.3, 0.4) is 0 Å². The minimum absolute atomic E-state index is 0.256. The van der Waals surface area contributed by atoms with Crippen molar-refractivity contribution in [2.45, 2.75) is 51.0 Å². The van der Waals surface area contributed by atoms with E-state index in [-0.39, 0.29) is 5.41 Å². The molecule has 1 aromatic carbocycles. The summed E-state index contributed by atoms with van der Waals surface area (Å²) >= 11 is 0. The van der Waals surface area contributed by atoms with Crippen molar-refractivity contribution in [3.8, 4) is 0 Å². The maximum atomic E-state index is 10.1. The van der Waals surface area contributed by atoms with Crippen molar-refractivity contribution in [3.63, 3.8) is 0 Å². The number of rotatable bonds is 2. The van der Waals surface area contributed by atoms with Crippen LogP contribution in [-0.2, 0) is 5.41 Å². The van der Waals surface area contributed by atoms with Crippen molar-refractivity contribution in [1.29, 1.82) is 0 Å². The molecule has 0 aromatic heterocycles. The zero-order valence-corrected chi connectivity index (χ0v) is 10.5. The van der Waals surface area contributed by atoms with Crippen LogP contribution in [-0.4, -0.2) is 10.7 Å². The second-order valence-electron chi connectivity index (χ2n) is 6.02. The third-order valence-electron chi connectivity index (χ3n) is 4.21. The minimum Gasteiger partial charge on any atom is -0.390 e. The number of benzene rings is 1. The average molecular weight is 218 g/mol. The molecule has 0 radical (unpaired) electrons. The summed E-state index contributed by atoms with van der Waals surface area (Å²) in [5, 5.41) is 10.1. The first-order chi connectivity index (χ1) is 7.42. The van der Waals surface area contributed by atoms with Crippen molar-refractivity contribution < 1.29 is 5.11 Å². The fourth-order valence-electron chi connectivity index (χ4n) is 2.95. The van der Waals surface area contributed by atoms with Crippen LogP contribution in [0.2, 0.25) is 0 Å². The summed E-state index contributed by atoms with van der Waals surface area (Å²) in [6.07, 6.45) is 3.42. The molecule has 0 spiro atoms. The molecule has 16 heavy (non-hydrogen) atoms. The molecule has 0 unspecified atom stereocenters. The molecular formula is C15H22O. The normalized spacial score (nSPS) is 30.6. The molecule has 0 bridgehead atoms. The summed E-state index contributed by atoms with van der Waals surface area (Å²) in [4.78, 5) is 0. The first-order valence-electron chi connectivity index (χ1n) is 6.20. The molecule has 0 aliphatic heterocycles. The third-order valence-corrected chi connectivity index (χ3v) is 4.21. The van der Waals surface area contributed by atoms with Gasteiger partial charge in [-0.15, -0.1) is 0 Å². The molecule has 0 saturated heterocycles. The van der Waals surface area contributed by atoms with Crippen molar-refractivity contribution in [2.24, 2.45) is 5.92 Å². The quantitative estimate of drug-likeness (QED) is 0.805. The van der Waals surface area contributed by atoms with Crippen molar-refractivity contribution >= 4 is 0 Å². The molecule has 2 rings (SSSR count). The molecule has 1 N–H and O–H groups in total. The van der Waals surface area contributed by atoms with Crippen LogP contribution in [0.1, 0.15) is 45.6 Å². The van der Waals surface area contributed by atoms with Gasteiger partial charge in [-0.2, -0.15) is 0 Å². The second kappa shape index (κ2) is 3.89. The second-order valence-corrected chi connectivity index (χ2v) is 6.02. The van der Waals surface area contributed by atoms with E-state index in [1.807, 2.05) is 13.8 Å². The van der Waals surface area contributed by atoms with Crippen molar-refractivity contribution in [1.82, 2.24) is 0 Å². The lowest BCUT2D eigenvalue weighted by atomic mass is 9.78. The van der Waals surface area contributed by atoms with Gasteiger partial charge in [0, 0.05) is 0 Å². The van der Waals surface area contributed by atoms with Gasteiger partial charge >= 0.3 is 0 Å². The molecule has 1 aromatic rings. The monoisotopic (exact) mass is 218 g/mol. The van der Waals surface area contributed by atoms with Gasteiger partial charge in [-0.05, 0) is 50.0 Å².